The fourth-order valence-electron chi connectivity index (χ4n) is 1.37. The van der Waals surface area contributed by atoms with Crippen LogP contribution in [0.15, 0.2) is 46.9 Å². The Kier molecular flexibility index (Phi) is 3.31. The van der Waals surface area contributed by atoms with Crippen molar-refractivity contribution >= 4 is 21.6 Å². The van der Waals surface area contributed by atoms with Crippen LogP contribution in [0.3, 0.4) is 0 Å². The zero-order valence-corrected chi connectivity index (χ0v) is 10.4. The molecule has 3 nitrogen and oxygen atoms in total. The van der Waals surface area contributed by atoms with Gasteiger partial charge in [-0.2, -0.15) is 5.26 Å². The van der Waals surface area contributed by atoms with Gasteiger partial charge in [0, 0.05) is 10.5 Å². The standard InChI is InChI=1S/C13H9BrN2O/c14-10-2-1-3-11(6-10)17-12-5-4-9(8-15)13(16)7-12/h1-7H,16H2. The number of halogens is 1. The summed E-state index contributed by atoms with van der Waals surface area (Å²) in [4.78, 5) is 0. The molecule has 0 atom stereocenters. The molecule has 0 bridgehead atoms. The van der Waals surface area contributed by atoms with Crippen LogP contribution in [0.5, 0.6) is 11.5 Å². The van der Waals surface area contributed by atoms with Crippen molar-refractivity contribution in [3.8, 4) is 17.6 Å². The second-order valence-corrected chi connectivity index (χ2v) is 4.34. The quantitative estimate of drug-likeness (QED) is 0.858. The van der Waals surface area contributed by atoms with Crippen LogP contribution in [0, 0.1) is 11.3 Å². The summed E-state index contributed by atoms with van der Waals surface area (Å²) in [6.45, 7) is 0. The van der Waals surface area contributed by atoms with Crippen LogP contribution in [0.2, 0.25) is 0 Å². The number of nitrogen functional groups attached to an aromatic ring is 1. The molecule has 0 aliphatic rings. The van der Waals surface area contributed by atoms with Crippen LogP contribution in [0.4, 0.5) is 5.69 Å². The van der Waals surface area contributed by atoms with Crippen molar-refractivity contribution in [2.24, 2.45) is 0 Å². The molecule has 2 aromatic rings. The van der Waals surface area contributed by atoms with Crippen molar-refractivity contribution in [2.45, 2.75) is 0 Å². The molecule has 0 unspecified atom stereocenters. The Labute approximate surface area is 108 Å². The van der Waals surface area contributed by atoms with E-state index in [2.05, 4.69) is 15.9 Å². The number of anilines is 1. The van der Waals surface area contributed by atoms with Gasteiger partial charge in [0.1, 0.15) is 17.6 Å². The lowest BCUT2D eigenvalue weighted by atomic mass is 10.2. The van der Waals surface area contributed by atoms with E-state index >= 15 is 0 Å². The van der Waals surface area contributed by atoms with E-state index in [-0.39, 0.29) is 0 Å². The lowest BCUT2D eigenvalue weighted by Gasteiger charge is -2.07. The van der Waals surface area contributed by atoms with Crippen LogP contribution in [0.25, 0.3) is 0 Å². The highest BCUT2D eigenvalue weighted by Gasteiger charge is 2.02. The summed E-state index contributed by atoms with van der Waals surface area (Å²) in [7, 11) is 0. The van der Waals surface area contributed by atoms with Gasteiger partial charge in [0.2, 0.25) is 0 Å². The Morgan fingerprint density at radius 1 is 1.12 bits per heavy atom. The van der Waals surface area contributed by atoms with E-state index in [9.17, 15) is 0 Å². The number of ether oxygens (including phenoxy) is 1. The molecule has 84 valence electrons. The van der Waals surface area contributed by atoms with Crippen LogP contribution < -0.4 is 10.5 Å². The molecule has 2 rings (SSSR count). The van der Waals surface area contributed by atoms with Crippen molar-refractivity contribution in [2.75, 3.05) is 5.73 Å². The maximum absolute atomic E-state index is 8.76. The van der Waals surface area contributed by atoms with E-state index in [1.807, 2.05) is 30.3 Å². The molecule has 2 N–H and O–H groups in total. The SMILES string of the molecule is N#Cc1ccc(Oc2cccc(Br)c2)cc1N. The molecule has 0 heterocycles. The van der Waals surface area contributed by atoms with Gasteiger partial charge in [-0.15, -0.1) is 0 Å². The molecule has 0 radical (unpaired) electrons. The third-order valence-corrected chi connectivity index (χ3v) is 2.67. The van der Waals surface area contributed by atoms with Gasteiger partial charge in [0.05, 0.1) is 11.3 Å². The van der Waals surface area contributed by atoms with Gasteiger partial charge >= 0.3 is 0 Å². The number of nitriles is 1. The fourth-order valence-corrected chi connectivity index (χ4v) is 1.75. The highest BCUT2D eigenvalue weighted by molar-refractivity contribution is 9.10. The summed E-state index contributed by atoms with van der Waals surface area (Å²) >= 11 is 3.37. The summed E-state index contributed by atoms with van der Waals surface area (Å²) in [5, 5.41) is 8.76. The van der Waals surface area contributed by atoms with Gasteiger partial charge < -0.3 is 10.5 Å². The predicted octanol–water partition coefficient (Wildman–Crippen LogP) is 3.70. The smallest absolute Gasteiger partial charge is 0.129 e. The minimum atomic E-state index is 0.417. The minimum Gasteiger partial charge on any atom is -0.457 e. The molecule has 0 aliphatic carbocycles. The first-order chi connectivity index (χ1) is 8.19. The first-order valence-corrected chi connectivity index (χ1v) is 5.71. The molecule has 0 saturated heterocycles. The molecule has 0 saturated carbocycles. The van der Waals surface area contributed by atoms with Gasteiger partial charge in [-0.1, -0.05) is 22.0 Å². The Morgan fingerprint density at radius 2 is 1.88 bits per heavy atom. The molecular formula is C13H9BrN2O. The summed E-state index contributed by atoms with van der Waals surface area (Å²) in [5.41, 5.74) is 6.57. The largest absolute Gasteiger partial charge is 0.457 e. The van der Waals surface area contributed by atoms with Crippen LogP contribution in [-0.4, -0.2) is 0 Å². The van der Waals surface area contributed by atoms with Crippen molar-refractivity contribution in [1.82, 2.24) is 0 Å². The highest BCUT2D eigenvalue weighted by atomic mass is 79.9. The van der Waals surface area contributed by atoms with Crippen molar-refractivity contribution < 1.29 is 4.74 Å². The van der Waals surface area contributed by atoms with E-state index in [0.29, 0.717) is 22.7 Å². The van der Waals surface area contributed by atoms with Crippen molar-refractivity contribution in [1.29, 1.82) is 5.26 Å². The molecular weight excluding hydrogens is 280 g/mol. The van der Waals surface area contributed by atoms with Crippen LogP contribution in [-0.2, 0) is 0 Å². The summed E-state index contributed by atoms with van der Waals surface area (Å²) < 4.78 is 6.56. The average molecular weight is 289 g/mol. The normalized spacial score (nSPS) is 9.65. The third kappa shape index (κ3) is 2.77. The van der Waals surface area contributed by atoms with Crippen molar-refractivity contribution in [3.05, 3.63) is 52.5 Å². The number of benzene rings is 2. The fraction of sp³-hybridized carbons (Fsp3) is 0. The first-order valence-electron chi connectivity index (χ1n) is 4.92. The second kappa shape index (κ2) is 4.89. The Balaban J connectivity index is 2.25. The summed E-state index contributed by atoms with van der Waals surface area (Å²) in [6, 6.07) is 14.5. The van der Waals surface area contributed by atoms with Crippen molar-refractivity contribution in [3.63, 3.8) is 0 Å². The van der Waals surface area contributed by atoms with E-state index < -0.39 is 0 Å². The van der Waals surface area contributed by atoms with Gasteiger partial charge in [0.15, 0.2) is 0 Å². The number of nitrogens with two attached hydrogens (primary N) is 1. The zero-order valence-electron chi connectivity index (χ0n) is 8.85. The van der Waals surface area contributed by atoms with E-state index in [1.165, 1.54) is 0 Å². The number of hydrogen-bond acceptors (Lipinski definition) is 3. The first kappa shape index (κ1) is 11.5. The molecule has 0 fully saturated rings. The van der Waals surface area contributed by atoms with E-state index in [4.69, 9.17) is 15.7 Å². The van der Waals surface area contributed by atoms with Gasteiger partial charge in [-0.05, 0) is 30.3 Å². The Bertz CT molecular complexity index is 590. The lowest BCUT2D eigenvalue weighted by molar-refractivity contribution is 0.482. The predicted molar refractivity (Wildman–Crippen MR) is 69.8 cm³/mol. The molecule has 0 spiro atoms. The maximum Gasteiger partial charge on any atom is 0.129 e. The summed E-state index contributed by atoms with van der Waals surface area (Å²) in [5.74, 6) is 1.32. The summed E-state index contributed by atoms with van der Waals surface area (Å²) in [6.07, 6.45) is 0. The monoisotopic (exact) mass is 288 g/mol. The van der Waals surface area contributed by atoms with Gasteiger partial charge in [0.25, 0.3) is 0 Å². The third-order valence-electron chi connectivity index (χ3n) is 2.18. The van der Waals surface area contributed by atoms with E-state index in [0.717, 1.165) is 4.47 Å². The molecule has 2 aromatic carbocycles. The minimum absolute atomic E-state index is 0.417. The number of rotatable bonds is 2. The number of hydrogen-bond donors (Lipinski definition) is 1. The molecule has 4 heteroatoms. The maximum atomic E-state index is 8.76. The second-order valence-electron chi connectivity index (χ2n) is 3.42. The molecule has 0 aromatic heterocycles. The highest BCUT2D eigenvalue weighted by Crippen LogP contribution is 2.26. The van der Waals surface area contributed by atoms with E-state index in [1.54, 1.807) is 18.2 Å². The Hall–Kier alpha value is -1.99. The molecule has 0 amide bonds. The lowest BCUT2D eigenvalue weighted by Crippen LogP contribution is -1.91. The Morgan fingerprint density at radius 3 is 2.53 bits per heavy atom. The van der Waals surface area contributed by atoms with Crippen LogP contribution in [0.1, 0.15) is 5.56 Å². The molecule has 17 heavy (non-hydrogen) atoms. The molecule has 0 aliphatic heterocycles. The topological polar surface area (TPSA) is 59.0 Å². The average Bonchev–Trinajstić information content (AvgIpc) is 2.29. The van der Waals surface area contributed by atoms with Crippen LogP contribution >= 0.6 is 15.9 Å². The van der Waals surface area contributed by atoms with Gasteiger partial charge in [-0.3, -0.25) is 0 Å². The number of nitrogens with zero attached hydrogens (tertiary/aromatic N) is 1. The zero-order chi connectivity index (χ0) is 12.3. The van der Waals surface area contributed by atoms with Gasteiger partial charge in [-0.25, -0.2) is 0 Å².